The van der Waals surface area contributed by atoms with Crippen molar-refractivity contribution in [3.63, 3.8) is 0 Å². The second kappa shape index (κ2) is 12.7. The Morgan fingerprint density at radius 2 is 1.84 bits per heavy atom. The van der Waals surface area contributed by atoms with Crippen molar-refractivity contribution in [1.82, 2.24) is 19.9 Å². The van der Waals surface area contributed by atoms with E-state index in [1.54, 1.807) is 0 Å². The summed E-state index contributed by atoms with van der Waals surface area (Å²) < 4.78 is 57.9. The minimum absolute atomic E-state index is 0.00535. The van der Waals surface area contributed by atoms with Crippen LogP contribution in [0.5, 0.6) is 6.01 Å². The molecule has 8 nitrogen and oxygen atoms in total. The minimum atomic E-state index is -0.967. The summed E-state index contributed by atoms with van der Waals surface area (Å²) in [5, 5.41) is 9.50. The maximum absolute atomic E-state index is 16.1. The first-order valence-electron chi connectivity index (χ1n) is 15.2. The van der Waals surface area contributed by atoms with Gasteiger partial charge in [-0.2, -0.15) is 15.2 Å². The predicted molar refractivity (Wildman–Crippen MR) is 165 cm³/mol. The summed E-state index contributed by atoms with van der Waals surface area (Å²) in [6.07, 6.45) is 12.7. The summed E-state index contributed by atoms with van der Waals surface area (Å²) in [5.74, 6) is 0.189. The minimum Gasteiger partial charge on any atom is -0.399 e. The molecule has 3 N–H and O–H groups in total. The highest BCUT2D eigenvalue weighted by molar-refractivity contribution is 6.04. The van der Waals surface area contributed by atoms with E-state index in [1.165, 1.54) is 31.2 Å². The third kappa shape index (κ3) is 5.94. The molecule has 0 amide bonds. The highest BCUT2D eigenvalue weighted by Gasteiger charge is 2.34. The summed E-state index contributed by atoms with van der Waals surface area (Å²) in [7, 11) is 0. The van der Waals surface area contributed by atoms with Gasteiger partial charge in [0, 0.05) is 60.0 Å². The molecule has 3 fully saturated rings. The van der Waals surface area contributed by atoms with Gasteiger partial charge in [-0.15, -0.1) is 6.42 Å². The molecule has 3 unspecified atom stereocenters. The average molecular weight is 623 g/mol. The maximum atomic E-state index is 16.1. The van der Waals surface area contributed by atoms with Crippen LogP contribution in [0.2, 0.25) is 0 Å². The topological polar surface area (TPSA) is 101 Å². The Balaban J connectivity index is 0.000000337. The highest BCUT2D eigenvalue weighted by atomic mass is 19.1. The number of rotatable bonds is 3. The molecule has 2 aromatic heterocycles. The van der Waals surface area contributed by atoms with E-state index in [-0.39, 0.29) is 38.8 Å². The summed E-state index contributed by atoms with van der Waals surface area (Å²) in [4.78, 5) is 21.1. The molecule has 0 aliphatic carbocycles. The Morgan fingerprint density at radius 1 is 1.02 bits per heavy atom. The fourth-order valence-electron chi connectivity index (χ4n) is 6.90. The summed E-state index contributed by atoms with van der Waals surface area (Å²) in [6.45, 7) is 5.32. The van der Waals surface area contributed by atoms with Crippen molar-refractivity contribution in [1.29, 1.82) is 0 Å². The number of nitrogens with two attached hydrogens (primary N) is 1. The maximum Gasteiger partial charge on any atom is 0.355 e. The first kappa shape index (κ1) is 30.8. The van der Waals surface area contributed by atoms with Crippen LogP contribution in [0, 0.1) is 35.7 Å². The van der Waals surface area contributed by atoms with Crippen LogP contribution >= 0.6 is 0 Å². The number of hydrogen-bond acceptors (Lipinski definition) is 8. The van der Waals surface area contributed by atoms with E-state index in [0.29, 0.717) is 48.9 Å². The van der Waals surface area contributed by atoms with E-state index in [1.807, 2.05) is 4.90 Å². The molecule has 0 bridgehead atoms. The molecule has 236 valence electrons. The number of alkyl halides is 1. The zero-order valence-electron chi connectivity index (χ0n) is 24.9. The van der Waals surface area contributed by atoms with Crippen LogP contribution in [0.25, 0.3) is 32.9 Å². The van der Waals surface area contributed by atoms with Gasteiger partial charge in [-0.05, 0) is 56.7 Å². The molecule has 7 rings (SSSR count). The van der Waals surface area contributed by atoms with Crippen molar-refractivity contribution in [2.24, 2.45) is 5.92 Å². The van der Waals surface area contributed by atoms with Crippen molar-refractivity contribution < 1.29 is 27.7 Å². The number of aromatic nitrogens is 3. The number of hydrogen-bond donors (Lipinski definition) is 2. The summed E-state index contributed by atoms with van der Waals surface area (Å²) in [6, 6.07) is 3.48. The molecule has 2 aromatic carbocycles. The van der Waals surface area contributed by atoms with Gasteiger partial charge in [0.15, 0.2) is 5.82 Å². The Kier molecular flexibility index (Phi) is 8.66. The van der Waals surface area contributed by atoms with Crippen molar-refractivity contribution in [3.05, 3.63) is 47.4 Å². The lowest BCUT2D eigenvalue weighted by atomic mass is 9.95. The quantitative estimate of drug-likeness (QED) is 0.0879. The lowest BCUT2D eigenvalue weighted by Gasteiger charge is -2.25. The highest BCUT2D eigenvalue weighted by Crippen LogP contribution is 2.39. The van der Waals surface area contributed by atoms with Gasteiger partial charge in [-0.3, -0.25) is 14.8 Å². The Hall–Kier alpha value is -4.21. The third-order valence-corrected chi connectivity index (χ3v) is 8.95. The monoisotopic (exact) mass is 622 g/mol. The van der Waals surface area contributed by atoms with E-state index >= 15 is 4.39 Å². The Labute approximate surface area is 258 Å². The molecular formula is C33H34F4N6O2. The van der Waals surface area contributed by atoms with Gasteiger partial charge in [0.1, 0.15) is 34.8 Å². The number of anilines is 2. The molecule has 5 heterocycles. The van der Waals surface area contributed by atoms with Gasteiger partial charge in [0.25, 0.3) is 0 Å². The van der Waals surface area contributed by atoms with Crippen LogP contribution in [0.1, 0.15) is 51.0 Å². The molecular weight excluding hydrogens is 588 g/mol. The van der Waals surface area contributed by atoms with Crippen LogP contribution in [0.15, 0.2) is 24.4 Å². The molecule has 4 aromatic rings. The largest absolute Gasteiger partial charge is 0.399 e. The smallest absolute Gasteiger partial charge is 0.355 e. The molecule has 0 spiro atoms. The molecule has 3 atom stereocenters. The van der Waals surface area contributed by atoms with Crippen molar-refractivity contribution in [2.75, 3.05) is 36.8 Å². The van der Waals surface area contributed by atoms with E-state index < -0.39 is 29.6 Å². The molecule has 12 heteroatoms. The molecule has 0 radical (unpaired) electrons. The third-order valence-electron chi connectivity index (χ3n) is 8.95. The fraction of sp³-hybridized carbons (Fsp3) is 0.424. The second-order valence-corrected chi connectivity index (χ2v) is 12.1. The number of halogens is 4. The van der Waals surface area contributed by atoms with Crippen LogP contribution in [-0.4, -0.2) is 63.5 Å². The molecule has 3 saturated heterocycles. The summed E-state index contributed by atoms with van der Waals surface area (Å²) in [5.41, 5.74) is 5.39. The lowest BCUT2D eigenvalue weighted by Crippen LogP contribution is -2.28. The van der Waals surface area contributed by atoms with Crippen molar-refractivity contribution >= 4 is 33.2 Å². The normalized spacial score (nSPS) is 21.7. The van der Waals surface area contributed by atoms with E-state index in [2.05, 4.69) is 37.6 Å². The second-order valence-electron chi connectivity index (χ2n) is 12.1. The number of fused-ring (bicyclic) bond motifs is 3. The van der Waals surface area contributed by atoms with Crippen LogP contribution in [0.4, 0.5) is 29.1 Å². The van der Waals surface area contributed by atoms with Crippen molar-refractivity contribution in [2.45, 2.75) is 57.7 Å². The SMILES string of the molecule is C#Cc1c(F)cc(F)c2cc(N)cc(-c3ncc4c(N5CCCCC(C)C5)nc(OO)nc4c3F)c12.FC1CC2CCCN2C1. The lowest BCUT2D eigenvalue weighted by molar-refractivity contribution is -0.145. The van der Waals surface area contributed by atoms with E-state index in [4.69, 9.17) is 12.2 Å². The molecule has 3 aliphatic heterocycles. The number of nitrogens with zero attached hydrogens (tertiary/aromatic N) is 5. The summed E-state index contributed by atoms with van der Waals surface area (Å²) >= 11 is 0. The predicted octanol–water partition coefficient (Wildman–Crippen LogP) is 6.50. The number of benzene rings is 2. The average Bonchev–Trinajstić information content (AvgIpc) is 3.52. The number of pyridine rings is 1. The van der Waals surface area contributed by atoms with Crippen LogP contribution in [0.3, 0.4) is 0 Å². The first-order valence-corrected chi connectivity index (χ1v) is 15.2. The first-order chi connectivity index (χ1) is 21.7. The van der Waals surface area contributed by atoms with Crippen molar-refractivity contribution in [3.8, 4) is 29.6 Å². The molecule has 45 heavy (non-hydrogen) atoms. The van der Waals surface area contributed by atoms with Gasteiger partial charge in [-0.1, -0.05) is 19.3 Å². The van der Waals surface area contributed by atoms with E-state index in [9.17, 15) is 18.4 Å². The van der Waals surface area contributed by atoms with Gasteiger partial charge >= 0.3 is 6.01 Å². The van der Waals surface area contributed by atoms with E-state index in [0.717, 1.165) is 32.2 Å². The zero-order chi connectivity index (χ0) is 31.8. The number of nitrogen functional groups attached to an aromatic ring is 1. The zero-order valence-corrected chi connectivity index (χ0v) is 24.9. The van der Waals surface area contributed by atoms with Crippen LogP contribution in [-0.2, 0) is 0 Å². The fourth-order valence-corrected chi connectivity index (χ4v) is 6.90. The van der Waals surface area contributed by atoms with Crippen LogP contribution < -0.4 is 15.5 Å². The Bertz CT molecular complexity index is 1790. The molecule has 0 saturated carbocycles. The molecule has 3 aliphatic rings. The van der Waals surface area contributed by atoms with Gasteiger partial charge in [0.05, 0.1) is 10.9 Å². The standard InChI is InChI=1S/C26H22F3N5O2.C7H12FN/c1-3-15-19(27)10-20(28)16-8-14(30)9-17(21(15)16)23-22(29)24-18(11-31-23)25(33-26(32-24)36-35)34-7-5-4-6-13(2)12-34;8-6-4-7-2-1-3-9(7)5-6/h1,8-11,13,35H,4-7,12,30H2,2H3;6-7H,1-5H2. The van der Waals surface area contributed by atoms with Gasteiger partial charge in [0.2, 0.25) is 0 Å². The number of terminal acetylenes is 1. The Morgan fingerprint density at radius 3 is 2.60 bits per heavy atom. The van der Waals surface area contributed by atoms with Gasteiger partial charge < -0.3 is 10.6 Å². The van der Waals surface area contributed by atoms with Gasteiger partial charge in [-0.25, -0.2) is 17.6 Å².